The van der Waals surface area contributed by atoms with Gasteiger partial charge in [-0.15, -0.1) is 0 Å². The van der Waals surface area contributed by atoms with Gasteiger partial charge in [-0.1, -0.05) is 30.0 Å². The zero-order valence-corrected chi connectivity index (χ0v) is 11.9. The van der Waals surface area contributed by atoms with Crippen molar-refractivity contribution < 1.29 is 4.79 Å². The molecule has 1 heterocycles. The van der Waals surface area contributed by atoms with Crippen molar-refractivity contribution in [1.29, 1.82) is 0 Å². The molecule has 1 aromatic rings. The van der Waals surface area contributed by atoms with Crippen molar-refractivity contribution >= 4 is 23.2 Å². The second kappa shape index (κ2) is 5.25. The first kappa shape index (κ1) is 12.5. The van der Waals surface area contributed by atoms with Crippen molar-refractivity contribution in [2.24, 2.45) is 0 Å². The van der Waals surface area contributed by atoms with Crippen molar-refractivity contribution in [3.05, 3.63) is 47.1 Å². The summed E-state index contributed by atoms with van der Waals surface area (Å²) >= 11 is 1.69. The SMILES string of the molecule is CC(=O)/C=C1\Sc2ccccc2N1C1=CCCCC1. The molecule has 2 aliphatic rings. The van der Waals surface area contributed by atoms with Gasteiger partial charge in [-0.2, -0.15) is 0 Å². The second-order valence-corrected chi connectivity index (χ2v) is 6.00. The summed E-state index contributed by atoms with van der Waals surface area (Å²) in [5.74, 6) is 0.108. The van der Waals surface area contributed by atoms with Gasteiger partial charge in [-0.25, -0.2) is 0 Å². The minimum atomic E-state index is 0.108. The van der Waals surface area contributed by atoms with Crippen LogP contribution in [0.4, 0.5) is 5.69 Å². The summed E-state index contributed by atoms with van der Waals surface area (Å²) in [6, 6.07) is 8.37. The number of ketones is 1. The molecule has 1 aliphatic heterocycles. The summed E-state index contributed by atoms with van der Waals surface area (Å²) in [7, 11) is 0. The second-order valence-electron chi connectivity index (χ2n) is 4.94. The molecule has 0 unspecified atom stereocenters. The first-order valence-electron chi connectivity index (χ1n) is 6.74. The average Bonchev–Trinajstić information content (AvgIpc) is 2.76. The number of rotatable bonds is 2. The third-order valence-corrected chi connectivity index (χ3v) is 4.50. The fraction of sp³-hybridized carbons (Fsp3) is 0.312. The van der Waals surface area contributed by atoms with E-state index in [1.54, 1.807) is 24.8 Å². The summed E-state index contributed by atoms with van der Waals surface area (Å²) in [5, 5.41) is 1.04. The summed E-state index contributed by atoms with van der Waals surface area (Å²) in [4.78, 5) is 14.9. The van der Waals surface area contributed by atoms with Crippen LogP contribution in [0.3, 0.4) is 0 Å². The highest BCUT2D eigenvalue weighted by molar-refractivity contribution is 8.03. The summed E-state index contributed by atoms with van der Waals surface area (Å²) in [6.45, 7) is 1.62. The number of hydrogen-bond donors (Lipinski definition) is 0. The molecule has 0 spiro atoms. The van der Waals surface area contributed by atoms with E-state index in [-0.39, 0.29) is 5.78 Å². The molecule has 0 fully saturated rings. The van der Waals surface area contributed by atoms with Gasteiger partial charge in [0.25, 0.3) is 0 Å². The molecular formula is C16H17NOS. The van der Waals surface area contributed by atoms with E-state index in [0.29, 0.717) is 0 Å². The lowest BCUT2D eigenvalue weighted by Crippen LogP contribution is -2.19. The number of hydrogen-bond acceptors (Lipinski definition) is 3. The Morgan fingerprint density at radius 1 is 1.32 bits per heavy atom. The zero-order valence-electron chi connectivity index (χ0n) is 11.1. The molecule has 0 bridgehead atoms. The van der Waals surface area contributed by atoms with Crippen molar-refractivity contribution in [2.45, 2.75) is 37.5 Å². The Morgan fingerprint density at radius 3 is 2.89 bits per heavy atom. The first-order valence-corrected chi connectivity index (χ1v) is 7.55. The van der Waals surface area contributed by atoms with E-state index in [4.69, 9.17) is 0 Å². The number of fused-ring (bicyclic) bond motifs is 1. The summed E-state index contributed by atoms with van der Waals surface area (Å²) < 4.78 is 0. The number of thioether (sulfide) groups is 1. The van der Waals surface area contributed by atoms with E-state index in [1.165, 1.54) is 29.1 Å². The van der Waals surface area contributed by atoms with Crippen molar-refractivity contribution in [1.82, 2.24) is 0 Å². The Labute approximate surface area is 118 Å². The fourth-order valence-electron chi connectivity index (χ4n) is 2.59. The lowest BCUT2D eigenvalue weighted by molar-refractivity contribution is -0.112. The molecule has 98 valence electrons. The predicted molar refractivity (Wildman–Crippen MR) is 80.1 cm³/mol. The molecule has 0 amide bonds. The molecular weight excluding hydrogens is 254 g/mol. The number of carbonyl (C=O) groups excluding carboxylic acids is 1. The Kier molecular flexibility index (Phi) is 3.47. The van der Waals surface area contributed by atoms with E-state index in [9.17, 15) is 4.79 Å². The van der Waals surface area contributed by atoms with E-state index in [2.05, 4.69) is 35.2 Å². The van der Waals surface area contributed by atoms with Crippen LogP contribution in [-0.2, 0) is 4.79 Å². The van der Waals surface area contributed by atoms with Gasteiger partial charge < -0.3 is 4.90 Å². The maximum absolute atomic E-state index is 11.4. The van der Waals surface area contributed by atoms with Crippen LogP contribution in [0.5, 0.6) is 0 Å². The summed E-state index contributed by atoms with van der Waals surface area (Å²) in [6.07, 6.45) is 8.83. The lowest BCUT2D eigenvalue weighted by atomic mass is 10.0. The maximum Gasteiger partial charge on any atom is 0.155 e. The van der Waals surface area contributed by atoms with E-state index in [1.807, 2.05) is 0 Å². The van der Waals surface area contributed by atoms with Crippen LogP contribution in [-0.4, -0.2) is 5.78 Å². The van der Waals surface area contributed by atoms with E-state index in [0.717, 1.165) is 17.9 Å². The van der Waals surface area contributed by atoms with E-state index < -0.39 is 0 Å². The Morgan fingerprint density at radius 2 is 2.16 bits per heavy atom. The molecule has 3 rings (SSSR count). The van der Waals surface area contributed by atoms with Gasteiger partial charge in [0, 0.05) is 16.7 Å². The fourth-order valence-corrected chi connectivity index (χ4v) is 3.76. The van der Waals surface area contributed by atoms with Crippen LogP contribution in [0.2, 0.25) is 0 Å². The molecule has 0 atom stereocenters. The molecule has 0 radical (unpaired) electrons. The highest BCUT2D eigenvalue weighted by Gasteiger charge is 2.28. The molecule has 0 saturated heterocycles. The Hall–Kier alpha value is -1.48. The molecule has 0 saturated carbocycles. The number of para-hydroxylation sites is 1. The quantitative estimate of drug-likeness (QED) is 0.739. The van der Waals surface area contributed by atoms with Crippen molar-refractivity contribution in [3.63, 3.8) is 0 Å². The smallest absolute Gasteiger partial charge is 0.155 e. The molecule has 2 nitrogen and oxygen atoms in total. The van der Waals surface area contributed by atoms with Gasteiger partial charge in [-0.3, -0.25) is 4.79 Å². The van der Waals surface area contributed by atoms with Crippen molar-refractivity contribution in [2.75, 3.05) is 4.90 Å². The molecule has 0 aromatic heterocycles. The molecule has 3 heteroatoms. The first-order chi connectivity index (χ1) is 9.25. The third kappa shape index (κ3) is 2.47. The van der Waals surface area contributed by atoms with Crippen LogP contribution in [0.15, 0.2) is 52.0 Å². The maximum atomic E-state index is 11.4. The topological polar surface area (TPSA) is 20.3 Å². The standard InChI is InChI=1S/C16H17NOS/c1-12(18)11-16-17(13-7-3-2-4-8-13)14-9-5-6-10-15(14)19-16/h5-7,9-11H,2-4,8H2,1H3/b16-11-. The van der Waals surface area contributed by atoms with Gasteiger partial charge in [0.2, 0.25) is 0 Å². The van der Waals surface area contributed by atoms with Crippen LogP contribution >= 0.6 is 11.8 Å². The van der Waals surface area contributed by atoms with E-state index >= 15 is 0 Å². The van der Waals surface area contributed by atoms with Crippen LogP contribution < -0.4 is 4.90 Å². The number of benzene rings is 1. The number of allylic oxidation sites excluding steroid dienone is 3. The number of nitrogens with zero attached hydrogens (tertiary/aromatic N) is 1. The molecule has 19 heavy (non-hydrogen) atoms. The Balaban J connectivity index is 2.05. The van der Waals surface area contributed by atoms with Crippen molar-refractivity contribution in [3.8, 4) is 0 Å². The van der Waals surface area contributed by atoms with Crippen LogP contribution in [0, 0.1) is 0 Å². The Bertz CT molecular complexity index is 574. The summed E-state index contributed by atoms with van der Waals surface area (Å²) in [5.41, 5.74) is 2.56. The van der Waals surface area contributed by atoms with Gasteiger partial charge in [0.05, 0.1) is 10.7 Å². The highest BCUT2D eigenvalue weighted by Crippen LogP contribution is 2.48. The van der Waals surface area contributed by atoms with Crippen LogP contribution in [0.1, 0.15) is 32.6 Å². The van der Waals surface area contributed by atoms with Crippen LogP contribution in [0.25, 0.3) is 0 Å². The minimum Gasteiger partial charge on any atom is -0.307 e. The minimum absolute atomic E-state index is 0.108. The lowest BCUT2D eigenvalue weighted by Gasteiger charge is -2.26. The molecule has 1 aliphatic carbocycles. The third-order valence-electron chi connectivity index (χ3n) is 3.42. The molecule has 1 aromatic carbocycles. The van der Waals surface area contributed by atoms with Gasteiger partial charge in [-0.05, 0) is 44.7 Å². The molecule has 0 N–H and O–H groups in total. The highest BCUT2D eigenvalue weighted by atomic mass is 32.2. The largest absolute Gasteiger partial charge is 0.307 e. The predicted octanol–water partition coefficient (Wildman–Crippen LogP) is 4.49. The van der Waals surface area contributed by atoms with Gasteiger partial charge in [0.15, 0.2) is 5.78 Å². The number of carbonyl (C=O) groups is 1. The average molecular weight is 271 g/mol. The van der Waals surface area contributed by atoms with Gasteiger partial charge in [0.1, 0.15) is 0 Å². The normalized spacial score (nSPS) is 20.4. The monoisotopic (exact) mass is 271 g/mol. The number of anilines is 1. The van der Waals surface area contributed by atoms with Gasteiger partial charge >= 0.3 is 0 Å². The zero-order chi connectivity index (χ0) is 13.2.